The molecule has 1 amide bonds. The lowest BCUT2D eigenvalue weighted by atomic mass is 9.77. The van der Waals surface area contributed by atoms with Crippen molar-refractivity contribution in [1.29, 1.82) is 0 Å². The van der Waals surface area contributed by atoms with Gasteiger partial charge in [-0.1, -0.05) is 27.2 Å². The first-order chi connectivity index (χ1) is 8.45. The van der Waals surface area contributed by atoms with Crippen LogP contribution in [0, 0.1) is 11.3 Å². The van der Waals surface area contributed by atoms with Crippen LogP contribution in [-0.4, -0.2) is 30.4 Å². The van der Waals surface area contributed by atoms with Crippen molar-refractivity contribution in [3.05, 3.63) is 0 Å². The Morgan fingerprint density at radius 2 is 1.94 bits per heavy atom. The van der Waals surface area contributed by atoms with E-state index in [-0.39, 0.29) is 0 Å². The second kappa shape index (κ2) is 7.13. The molecule has 1 unspecified atom stereocenters. The molecule has 1 atom stereocenters. The molecule has 0 aromatic heterocycles. The zero-order valence-corrected chi connectivity index (χ0v) is 12.4. The lowest BCUT2D eigenvalue weighted by molar-refractivity contribution is -0.130. The fraction of sp³-hybridized carbons (Fsp3) is 0.933. The molecule has 1 aliphatic heterocycles. The number of hydrogen-bond donors (Lipinski definition) is 1. The van der Waals surface area contributed by atoms with Crippen molar-refractivity contribution in [2.24, 2.45) is 17.1 Å². The average Bonchev–Trinajstić information content (AvgIpc) is 2.47. The molecule has 3 nitrogen and oxygen atoms in total. The van der Waals surface area contributed by atoms with Crippen molar-refractivity contribution in [2.75, 3.05) is 19.6 Å². The molecule has 0 spiro atoms. The van der Waals surface area contributed by atoms with Crippen LogP contribution in [0.3, 0.4) is 0 Å². The highest BCUT2D eigenvalue weighted by Gasteiger charge is 2.29. The lowest BCUT2D eigenvalue weighted by Gasteiger charge is -2.29. The third kappa shape index (κ3) is 4.97. The van der Waals surface area contributed by atoms with Gasteiger partial charge in [-0.3, -0.25) is 4.79 Å². The van der Waals surface area contributed by atoms with Gasteiger partial charge in [0.15, 0.2) is 0 Å². The average molecular weight is 254 g/mol. The molecule has 2 N–H and O–H groups in total. The van der Waals surface area contributed by atoms with Crippen LogP contribution in [0.25, 0.3) is 0 Å². The number of amides is 1. The molecule has 0 aromatic carbocycles. The van der Waals surface area contributed by atoms with E-state index in [1.54, 1.807) is 0 Å². The van der Waals surface area contributed by atoms with Crippen LogP contribution in [0.2, 0.25) is 0 Å². The SMILES string of the molecule is CC(C)(C)C1CCC(=O)N(CCCCCN)CC1. The van der Waals surface area contributed by atoms with Gasteiger partial charge < -0.3 is 10.6 Å². The van der Waals surface area contributed by atoms with E-state index in [1.165, 1.54) is 0 Å². The zero-order valence-electron chi connectivity index (χ0n) is 12.4. The minimum Gasteiger partial charge on any atom is -0.343 e. The molecule has 0 saturated carbocycles. The first-order valence-corrected chi connectivity index (χ1v) is 7.43. The lowest BCUT2D eigenvalue weighted by Crippen LogP contribution is -2.31. The Labute approximate surface area is 112 Å². The molecule has 1 rings (SSSR count). The summed E-state index contributed by atoms with van der Waals surface area (Å²) in [5, 5.41) is 0. The molecular weight excluding hydrogens is 224 g/mol. The Kier molecular flexibility index (Phi) is 6.13. The highest BCUT2D eigenvalue weighted by Crippen LogP contribution is 2.34. The summed E-state index contributed by atoms with van der Waals surface area (Å²) in [6.45, 7) is 9.51. The van der Waals surface area contributed by atoms with Crippen molar-refractivity contribution in [2.45, 2.75) is 59.3 Å². The van der Waals surface area contributed by atoms with Crippen molar-refractivity contribution in [3.8, 4) is 0 Å². The molecule has 18 heavy (non-hydrogen) atoms. The molecule has 0 bridgehead atoms. The normalized spacial score (nSPS) is 22.1. The Morgan fingerprint density at radius 1 is 1.22 bits per heavy atom. The second-order valence-electron chi connectivity index (χ2n) is 6.62. The van der Waals surface area contributed by atoms with Gasteiger partial charge in [-0.15, -0.1) is 0 Å². The maximum atomic E-state index is 12.1. The predicted molar refractivity (Wildman–Crippen MR) is 76.3 cm³/mol. The van der Waals surface area contributed by atoms with Gasteiger partial charge in [0, 0.05) is 19.5 Å². The molecule has 3 heteroatoms. The quantitative estimate of drug-likeness (QED) is 0.767. The number of nitrogens with two attached hydrogens (primary N) is 1. The third-order valence-electron chi connectivity index (χ3n) is 4.16. The van der Waals surface area contributed by atoms with E-state index >= 15 is 0 Å². The Morgan fingerprint density at radius 3 is 2.56 bits per heavy atom. The smallest absolute Gasteiger partial charge is 0.222 e. The van der Waals surface area contributed by atoms with Gasteiger partial charge in [-0.2, -0.15) is 0 Å². The van der Waals surface area contributed by atoms with Gasteiger partial charge in [-0.05, 0) is 43.6 Å². The van der Waals surface area contributed by atoms with Gasteiger partial charge in [0.25, 0.3) is 0 Å². The maximum absolute atomic E-state index is 12.1. The number of likely N-dealkylation sites (tertiary alicyclic amines) is 1. The van der Waals surface area contributed by atoms with Crippen LogP contribution >= 0.6 is 0 Å². The molecule has 1 aliphatic rings. The molecule has 106 valence electrons. The Bertz CT molecular complexity index is 258. The molecule has 0 radical (unpaired) electrons. The van der Waals surface area contributed by atoms with E-state index in [2.05, 4.69) is 25.7 Å². The van der Waals surface area contributed by atoms with E-state index in [1.807, 2.05) is 0 Å². The standard InChI is InChI=1S/C15H30N2O/c1-15(2,3)13-7-8-14(18)17(12-9-13)11-6-4-5-10-16/h13H,4-12,16H2,1-3H3. The van der Waals surface area contributed by atoms with Crippen LogP contribution in [0.15, 0.2) is 0 Å². The molecule has 1 heterocycles. The number of carbonyl (C=O) groups excluding carboxylic acids is 1. The number of unbranched alkanes of at least 4 members (excludes halogenated alkanes) is 2. The number of hydrogen-bond acceptors (Lipinski definition) is 2. The summed E-state index contributed by atoms with van der Waals surface area (Å²) in [5.74, 6) is 1.03. The molecule has 1 fully saturated rings. The predicted octanol–water partition coefficient (Wildman–Crippen LogP) is 2.79. The van der Waals surface area contributed by atoms with Gasteiger partial charge >= 0.3 is 0 Å². The van der Waals surface area contributed by atoms with E-state index in [0.29, 0.717) is 17.2 Å². The Balaban J connectivity index is 2.39. The minimum atomic E-state index is 0.329. The van der Waals surface area contributed by atoms with Crippen LogP contribution < -0.4 is 5.73 Å². The fourth-order valence-electron chi connectivity index (χ4n) is 2.76. The van der Waals surface area contributed by atoms with Crippen molar-refractivity contribution >= 4 is 5.91 Å². The summed E-state index contributed by atoms with van der Waals surface area (Å²) in [6, 6.07) is 0. The van der Waals surface area contributed by atoms with Crippen LogP contribution in [0.1, 0.15) is 59.3 Å². The summed E-state index contributed by atoms with van der Waals surface area (Å²) < 4.78 is 0. The monoisotopic (exact) mass is 254 g/mol. The van der Waals surface area contributed by atoms with Gasteiger partial charge in [0.05, 0.1) is 0 Å². The second-order valence-corrected chi connectivity index (χ2v) is 6.62. The molecular formula is C15H30N2O. The zero-order chi connectivity index (χ0) is 13.6. The van der Waals surface area contributed by atoms with E-state index in [0.717, 1.165) is 58.2 Å². The first kappa shape index (κ1) is 15.5. The number of nitrogens with zero attached hydrogens (tertiary/aromatic N) is 1. The summed E-state index contributed by atoms with van der Waals surface area (Å²) in [5.41, 5.74) is 5.81. The summed E-state index contributed by atoms with van der Waals surface area (Å²) in [7, 11) is 0. The van der Waals surface area contributed by atoms with Crippen molar-refractivity contribution in [3.63, 3.8) is 0 Å². The summed E-state index contributed by atoms with van der Waals surface area (Å²) in [4.78, 5) is 14.1. The third-order valence-corrected chi connectivity index (χ3v) is 4.16. The molecule has 0 aromatic rings. The molecule has 1 saturated heterocycles. The Hall–Kier alpha value is -0.570. The fourth-order valence-corrected chi connectivity index (χ4v) is 2.76. The largest absolute Gasteiger partial charge is 0.343 e. The van der Waals surface area contributed by atoms with Gasteiger partial charge in [0.2, 0.25) is 5.91 Å². The van der Waals surface area contributed by atoms with Crippen LogP contribution in [0.5, 0.6) is 0 Å². The van der Waals surface area contributed by atoms with Crippen molar-refractivity contribution in [1.82, 2.24) is 4.90 Å². The van der Waals surface area contributed by atoms with E-state index in [4.69, 9.17) is 5.73 Å². The van der Waals surface area contributed by atoms with E-state index < -0.39 is 0 Å². The summed E-state index contributed by atoms with van der Waals surface area (Å²) in [6.07, 6.45) is 6.27. The van der Waals surface area contributed by atoms with E-state index in [9.17, 15) is 4.79 Å². The van der Waals surface area contributed by atoms with Crippen LogP contribution in [0.4, 0.5) is 0 Å². The summed E-state index contributed by atoms with van der Waals surface area (Å²) >= 11 is 0. The van der Waals surface area contributed by atoms with Crippen LogP contribution in [-0.2, 0) is 4.79 Å². The maximum Gasteiger partial charge on any atom is 0.222 e. The topological polar surface area (TPSA) is 46.3 Å². The molecule has 0 aliphatic carbocycles. The number of carbonyl (C=O) groups is 1. The first-order valence-electron chi connectivity index (χ1n) is 7.43. The van der Waals surface area contributed by atoms with Crippen molar-refractivity contribution < 1.29 is 4.79 Å². The van der Waals surface area contributed by atoms with Gasteiger partial charge in [-0.25, -0.2) is 0 Å². The highest BCUT2D eigenvalue weighted by atomic mass is 16.2. The minimum absolute atomic E-state index is 0.329. The van der Waals surface area contributed by atoms with Gasteiger partial charge in [0.1, 0.15) is 0 Å². The number of rotatable bonds is 5. The highest BCUT2D eigenvalue weighted by molar-refractivity contribution is 5.76.